The van der Waals surface area contributed by atoms with E-state index < -0.39 is 0 Å². The fourth-order valence-corrected chi connectivity index (χ4v) is 2.05. The van der Waals surface area contributed by atoms with Crippen molar-refractivity contribution in [2.45, 2.75) is 25.8 Å². The Bertz CT molecular complexity index is 504. The van der Waals surface area contributed by atoms with Crippen LogP contribution in [0, 0.1) is 0 Å². The molecule has 2 heterocycles. The molecule has 4 nitrogen and oxygen atoms in total. The summed E-state index contributed by atoms with van der Waals surface area (Å²) in [5.74, 6) is 0.795. The molecule has 0 aliphatic rings. The predicted octanol–water partition coefficient (Wildman–Crippen LogP) is 2.81. The van der Waals surface area contributed by atoms with E-state index in [4.69, 9.17) is 11.6 Å². The highest BCUT2D eigenvalue weighted by Crippen LogP contribution is 2.20. The molecule has 0 amide bonds. The average molecular weight is 277 g/mol. The molecule has 0 radical (unpaired) electrons. The number of hydrogen-bond acceptors (Lipinski definition) is 4. The number of rotatable bonds is 6. The third kappa shape index (κ3) is 3.98. The van der Waals surface area contributed by atoms with Gasteiger partial charge in [0.1, 0.15) is 5.82 Å². The van der Waals surface area contributed by atoms with E-state index >= 15 is 0 Å². The summed E-state index contributed by atoms with van der Waals surface area (Å²) in [6.07, 6.45) is 8.76. The molecule has 2 aromatic rings. The van der Waals surface area contributed by atoms with Gasteiger partial charge in [-0.05, 0) is 37.1 Å². The van der Waals surface area contributed by atoms with Crippen molar-refractivity contribution in [3.63, 3.8) is 0 Å². The molecule has 2 rings (SSSR count). The fraction of sp³-hybridized carbons (Fsp3) is 0.357. The molecule has 0 spiro atoms. The van der Waals surface area contributed by atoms with Crippen molar-refractivity contribution in [1.82, 2.24) is 20.3 Å². The van der Waals surface area contributed by atoms with Gasteiger partial charge in [-0.15, -0.1) is 0 Å². The SMILES string of the molecule is CCCNC(Cc1ccncc1Cl)c1ncccn1. The topological polar surface area (TPSA) is 50.7 Å². The van der Waals surface area contributed by atoms with Crippen molar-refractivity contribution < 1.29 is 0 Å². The van der Waals surface area contributed by atoms with E-state index in [1.165, 1.54) is 0 Å². The van der Waals surface area contributed by atoms with Crippen molar-refractivity contribution in [3.05, 3.63) is 53.3 Å². The van der Waals surface area contributed by atoms with Crippen LogP contribution < -0.4 is 5.32 Å². The van der Waals surface area contributed by atoms with E-state index in [1.807, 2.05) is 12.1 Å². The third-order valence-corrected chi connectivity index (χ3v) is 3.16. The lowest BCUT2D eigenvalue weighted by atomic mass is 10.1. The standard InChI is InChI=1S/C14H17ClN4/c1-2-5-17-13(14-18-6-3-7-19-14)9-11-4-8-16-10-12(11)15/h3-4,6-8,10,13,17H,2,5,9H2,1H3. The molecule has 100 valence electrons. The minimum atomic E-state index is 0.0704. The van der Waals surface area contributed by atoms with Gasteiger partial charge in [0.15, 0.2) is 0 Å². The van der Waals surface area contributed by atoms with Crippen LogP contribution >= 0.6 is 11.6 Å². The summed E-state index contributed by atoms with van der Waals surface area (Å²) in [6, 6.07) is 3.83. The molecule has 1 unspecified atom stereocenters. The van der Waals surface area contributed by atoms with Crippen LogP contribution in [0.15, 0.2) is 36.9 Å². The number of nitrogens with zero attached hydrogens (tertiary/aromatic N) is 3. The lowest BCUT2D eigenvalue weighted by molar-refractivity contribution is 0.504. The number of halogens is 1. The quantitative estimate of drug-likeness (QED) is 0.881. The first kappa shape index (κ1) is 13.9. The van der Waals surface area contributed by atoms with Crippen molar-refractivity contribution in [2.75, 3.05) is 6.54 Å². The van der Waals surface area contributed by atoms with Gasteiger partial charge >= 0.3 is 0 Å². The summed E-state index contributed by atoms with van der Waals surface area (Å²) in [5, 5.41) is 4.14. The van der Waals surface area contributed by atoms with E-state index in [2.05, 4.69) is 27.2 Å². The largest absolute Gasteiger partial charge is 0.307 e. The van der Waals surface area contributed by atoms with Gasteiger partial charge in [0.25, 0.3) is 0 Å². The van der Waals surface area contributed by atoms with Crippen LogP contribution in [0.4, 0.5) is 0 Å². The Kier molecular flexibility index (Phi) is 5.24. The Morgan fingerprint density at radius 1 is 1.26 bits per heavy atom. The molecule has 1 N–H and O–H groups in total. The molecule has 1 atom stereocenters. The van der Waals surface area contributed by atoms with Crippen LogP contribution in [-0.2, 0) is 6.42 Å². The first-order valence-electron chi connectivity index (χ1n) is 6.40. The molecule has 0 aliphatic heterocycles. The van der Waals surface area contributed by atoms with Crippen molar-refractivity contribution in [1.29, 1.82) is 0 Å². The number of aromatic nitrogens is 3. The average Bonchev–Trinajstić information content (AvgIpc) is 2.46. The van der Waals surface area contributed by atoms with Crippen molar-refractivity contribution in [2.24, 2.45) is 0 Å². The fourth-order valence-electron chi connectivity index (χ4n) is 1.85. The summed E-state index contributed by atoms with van der Waals surface area (Å²) >= 11 is 6.16. The van der Waals surface area contributed by atoms with Gasteiger partial charge in [0, 0.05) is 24.8 Å². The Labute approximate surface area is 118 Å². The monoisotopic (exact) mass is 276 g/mol. The highest BCUT2D eigenvalue weighted by molar-refractivity contribution is 6.31. The lowest BCUT2D eigenvalue weighted by Crippen LogP contribution is -2.26. The zero-order chi connectivity index (χ0) is 13.5. The summed E-state index contributed by atoms with van der Waals surface area (Å²) in [5.41, 5.74) is 1.05. The molecular formula is C14H17ClN4. The Morgan fingerprint density at radius 2 is 2.05 bits per heavy atom. The van der Waals surface area contributed by atoms with Crippen molar-refractivity contribution >= 4 is 11.6 Å². The molecule has 0 aromatic carbocycles. The van der Waals surface area contributed by atoms with Gasteiger partial charge in [-0.2, -0.15) is 0 Å². The maximum Gasteiger partial charge on any atom is 0.145 e. The second kappa shape index (κ2) is 7.16. The molecule has 2 aromatic heterocycles. The van der Waals surface area contributed by atoms with Crippen molar-refractivity contribution in [3.8, 4) is 0 Å². The normalized spacial score (nSPS) is 12.3. The summed E-state index contributed by atoms with van der Waals surface area (Å²) in [4.78, 5) is 12.7. The summed E-state index contributed by atoms with van der Waals surface area (Å²) in [6.45, 7) is 3.06. The van der Waals surface area contributed by atoms with Gasteiger partial charge in [-0.25, -0.2) is 9.97 Å². The highest BCUT2D eigenvalue weighted by atomic mass is 35.5. The van der Waals surface area contributed by atoms with Gasteiger partial charge in [-0.3, -0.25) is 4.98 Å². The lowest BCUT2D eigenvalue weighted by Gasteiger charge is -2.17. The van der Waals surface area contributed by atoms with Crippen LogP contribution in [0.1, 0.15) is 30.8 Å². The van der Waals surface area contributed by atoms with E-state index in [-0.39, 0.29) is 6.04 Å². The molecule has 0 saturated heterocycles. The van der Waals surface area contributed by atoms with E-state index in [9.17, 15) is 0 Å². The van der Waals surface area contributed by atoms with Gasteiger partial charge in [0.05, 0.1) is 11.1 Å². The van der Waals surface area contributed by atoms with Crippen LogP contribution in [0.2, 0.25) is 5.02 Å². The van der Waals surface area contributed by atoms with E-state index in [0.717, 1.165) is 30.8 Å². The summed E-state index contributed by atoms with van der Waals surface area (Å²) < 4.78 is 0. The number of hydrogen-bond donors (Lipinski definition) is 1. The van der Waals surface area contributed by atoms with Crippen LogP contribution in [0.5, 0.6) is 0 Å². The maximum absolute atomic E-state index is 6.16. The maximum atomic E-state index is 6.16. The number of pyridine rings is 1. The second-order valence-electron chi connectivity index (χ2n) is 4.28. The Hall–Kier alpha value is -1.52. The van der Waals surface area contributed by atoms with Crippen LogP contribution in [0.25, 0.3) is 0 Å². The Morgan fingerprint density at radius 3 is 2.74 bits per heavy atom. The minimum absolute atomic E-state index is 0.0704. The molecular weight excluding hydrogens is 260 g/mol. The van der Waals surface area contributed by atoms with Gasteiger partial charge in [0.2, 0.25) is 0 Å². The molecule has 0 bridgehead atoms. The smallest absolute Gasteiger partial charge is 0.145 e. The first-order valence-corrected chi connectivity index (χ1v) is 6.77. The third-order valence-electron chi connectivity index (χ3n) is 2.82. The molecule has 19 heavy (non-hydrogen) atoms. The molecule has 5 heteroatoms. The highest BCUT2D eigenvalue weighted by Gasteiger charge is 2.15. The van der Waals surface area contributed by atoms with Crippen LogP contribution in [-0.4, -0.2) is 21.5 Å². The zero-order valence-corrected chi connectivity index (χ0v) is 11.6. The zero-order valence-electron chi connectivity index (χ0n) is 10.9. The predicted molar refractivity (Wildman–Crippen MR) is 76.0 cm³/mol. The van der Waals surface area contributed by atoms with E-state index in [1.54, 1.807) is 24.8 Å². The van der Waals surface area contributed by atoms with Gasteiger partial charge in [-0.1, -0.05) is 18.5 Å². The molecule has 0 saturated carbocycles. The second-order valence-corrected chi connectivity index (χ2v) is 4.69. The molecule has 0 fully saturated rings. The minimum Gasteiger partial charge on any atom is -0.307 e. The Balaban J connectivity index is 2.17. The molecule has 0 aliphatic carbocycles. The van der Waals surface area contributed by atoms with Gasteiger partial charge < -0.3 is 5.32 Å². The van der Waals surface area contributed by atoms with Crippen LogP contribution in [0.3, 0.4) is 0 Å². The van der Waals surface area contributed by atoms with E-state index in [0.29, 0.717) is 5.02 Å². The summed E-state index contributed by atoms with van der Waals surface area (Å²) in [7, 11) is 0. The first-order chi connectivity index (χ1) is 9.31. The number of nitrogens with one attached hydrogen (secondary N) is 1.